The van der Waals surface area contributed by atoms with Gasteiger partial charge in [0.2, 0.25) is 0 Å². The van der Waals surface area contributed by atoms with Gasteiger partial charge in [-0.05, 0) is 37.6 Å². The lowest BCUT2D eigenvalue weighted by Crippen LogP contribution is -2.39. The van der Waals surface area contributed by atoms with Gasteiger partial charge >= 0.3 is 0 Å². The summed E-state index contributed by atoms with van der Waals surface area (Å²) in [5, 5.41) is 3.84. The van der Waals surface area contributed by atoms with Crippen molar-refractivity contribution in [2.75, 3.05) is 6.54 Å². The molecule has 0 spiro atoms. The fourth-order valence-corrected chi connectivity index (χ4v) is 2.74. The van der Waals surface area contributed by atoms with Gasteiger partial charge in [0.05, 0.1) is 5.69 Å². The van der Waals surface area contributed by atoms with Crippen molar-refractivity contribution in [3.05, 3.63) is 64.7 Å². The maximum atomic E-state index is 6.17. The molecular formula is C17H17ClN2O. The Balaban J connectivity index is 2.18. The van der Waals surface area contributed by atoms with E-state index in [1.165, 1.54) is 0 Å². The van der Waals surface area contributed by atoms with Crippen LogP contribution in [0.1, 0.15) is 25.0 Å². The topological polar surface area (TPSA) is 33.6 Å². The molecule has 21 heavy (non-hydrogen) atoms. The van der Waals surface area contributed by atoms with Gasteiger partial charge < -0.3 is 10.1 Å². The highest BCUT2D eigenvalue weighted by molar-refractivity contribution is 6.30. The number of aliphatic imine (C=N–C) groups is 1. The van der Waals surface area contributed by atoms with E-state index in [-0.39, 0.29) is 0 Å². The SMILES string of the molecule is CCNC1=Nc2ccc(Cl)cc2[C@](C)(c2ccccc2)O1. The molecule has 1 atom stereocenters. The highest BCUT2D eigenvalue weighted by Gasteiger charge is 2.37. The summed E-state index contributed by atoms with van der Waals surface area (Å²) in [5.74, 6) is 0. The molecule has 3 nitrogen and oxygen atoms in total. The van der Waals surface area contributed by atoms with Crippen LogP contribution in [0.15, 0.2) is 53.5 Å². The van der Waals surface area contributed by atoms with Gasteiger partial charge in [0, 0.05) is 17.1 Å². The number of hydrogen-bond acceptors (Lipinski definition) is 3. The van der Waals surface area contributed by atoms with Crippen LogP contribution >= 0.6 is 11.6 Å². The first-order valence-corrected chi connectivity index (χ1v) is 7.38. The van der Waals surface area contributed by atoms with Gasteiger partial charge in [-0.25, -0.2) is 0 Å². The summed E-state index contributed by atoms with van der Waals surface area (Å²) < 4.78 is 6.16. The standard InChI is InChI=1S/C17H17ClN2O/c1-3-19-16-20-15-10-9-13(18)11-14(15)17(2,21-16)12-7-5-4-6-8-12/h4-11H,3H2,1-2H3,(H,19,20)/t17-/m0/s1. The Hall–Kier alpha value is -2.00. The molecule has 0 fully saturated rings. The fourth-order valence-electron chi connectivity index (χ4n) is 2.57. The molecule has 1 N–H and O–H groups in total. The summed E-state index contributed by atoms with van der Waals surface area (Å²) in [4.78, 5) is 4.52. The van der Waals surface area contributed by atoms with E-state index in [0.29, 0.717) is 11.0 Å². The van der Waals surface area contributed by atoms with E-state index in [1.54, 1.807) is 0 Å². The first-order chi connectivity index (χ1) is 10.1. The molecular weight excluding hydrogens is 284 g/mol. The minimum Gasteiger partial charge on any atom is -0.449 e. The van der Waals surface area contributed by atoms with Crippen LogP contribution in [0, 0.1) is 0 Å². The average molecular weight is 301 g/mol. The summed E-state index contributed by atoms with van der Waals surface area (Å²) >= 11 is 6.17. The Morgan fingerprint density at radius 2 is 1.95 bits per heavy atom. The maximum absolute atomic E-state index is 6.17. The van der Waals surface area contributed by atoms with Crippen LogP contribution in [0.3, 0.4) is 0 Å². The summed E-state index contributed by atoms with van der Waals surface area (Å²) in [6.45, 7) is 4.82. The quantitative estimate of drug-likeness (QED) is 0.900. The van der Waals surface area contributed by atoms with Crippen LogP contribution in [-0.2, 0) is 10.3 Å². The largest absolute Gasteiger partial charge is 0.449 e. The number of ether oxygens (including phenoxy) is 1. The second kappa shape index (κ2) is 5.41. The zero-order chi connectivity index (χ0) is 14.9. The Morgan fingerprint density at radius 3 is 2.67 bits per heavy atom. The Kier molecular flexibility index (Phi) is 3.60. The zero-order valence-electron chi connectivity index (χ0n) is 12.1. The summed E-state index contributed by atoms with van der Waals surface area (Å²) in [5.41, 5.74) is 2.32. The second-order valence-electron chi connectivity index (χ2n) is 5.11. The van der Waals surface area contributed by atoms with E-state index in [9.17, 15) is 0 Å². The van der Waals surface area contributed by atoms with E-state index < -0.39 is 5.60 Å². The van der Waals surface area contributed by atoms with Gasteiger partial charge in [-0.15, -0.1) is 0 Å². The fraction of sp³-hybridized carbons (Fsp3) is 0.235. The number of amidine groups is 1. The highest BCUT2D eigenvalue weighted by Crippen LogP contribution is 2.42. The van der Waals surface area contributed by atoms with Crippen LogP contribution in [0.5, 0.6) is 0 Å². The van der Waals surface area contributed by atoms with E-state index in [4.69, 9.17) is 16.3 Å². The van der Waals surface area contributed by atoms with Crippen LogP contribution in [0.4, 0.5) is 5.69 Å². The third-order valence-corrected chi connectivity index (χ3v) is 3.88. The average Bonchev–Trinajstić information content (AvgIpc) is 2.49. The van der Waals surface area contributed by atoms with E-state index in [2.05, 4.69) is 22.4 Å². The smallest absolute Gasteiger partial charge is 0.291 e. The lowest BCUT2D eigenvalue weighted by molar-refractivity contribution is 0.106. The molecule has 0 aromatic heterocycles. The highest BCUT2D eigenvalue weighted by atomic mass is 35.5. The van der Waals surface area contributed by atoms with Crippen molar-refractivity contribution in [1.29, 1.82) is 0 Å². The molecule has 0 saturated carbocycles. The molecule has 0 radical (unpaired) electrons. The van der Waals surface area contributed by atoms with Gasteiger partial charge in [-0.2, -0.15) is 4.99 Å². The minimum atomic E-state index is -0.610. The van der Waals surface area contributed by atoms with Crippen LogP contribution in [0.25, 0.3) is 0 Å². The molecule has 2 aromatic rings. The van der Waals surface area contributed by atoms with Crippen molar-refractivity contribution in [3.63, 3.8) is 0 Å². The second-order valence-corrected chi connectivity index (χ2v) is 5.55. The zero-order valence-corrected chi connectivity index (χ0v) is 12.8. The van der Waals surface area contributed by atoms with Crippen LogP contribution in [0.2, 0.25) is 5.02 Å². The molecule has 3 rings (SSSR count). The van der Waals surface area contributed by atoms with Gasteiger partial charge in [-0.3, -0.25) is 0 Å². The number of fused-ring (bicyclic) bond motifs is 1. The van der Waals surface area contributed by atoms with E-state index in [0.717, 1.165) is 23.4 Å². The maximum Gasteiger partial charge on any atom is 0.291 e. The van der Waals surface area contributed by atoms with Crippen molar-refractivity contribution in [2.24, 2.45) is 4.99 Å². The van der Waals surface area contributed by atoms with Gasteiger partial charge in [0.25, 0.3) is 6.02 Å². The molecule has 0 bridgehead atoms. The van der Waals surface area contributed by atoms with Crippen LogP contribution in [-0.4, -0.2) is 12.6 Å². The molecule has 1 heterocycles. The minimum absolute atomic E-state index is 0.540. The van der Waals surface area contributed by atoms with E-state index in [1.807, 2.05) is 50.2 Å². The lowest BCUT2D eigenvalue weighted by Gasteiger charge is -2.36. The third kappa shape index (κ3) is 2.49. The number of nitrogens with one attached hydrogen (secondary N) is 1. The molecule has 2 aromatic carbocycles. The molecule has 0 saturated heterocycles. The normalized spacial score (nSPS) is 20.2. The number of halogens is 1. The van der Waals surface area contributed by atoms with Crippen molar-refractivity contribution >= 4 is 23.3 Å². The van der Waals surface area contributed by atoms with Gasteiger partial charge in [0.1, 0.15) is 0 Å². The number of rotatable bonds is 2. The van der Waals surface area contributed by atoms with E-state index >= 15 is 0 Å². The lowest BCUT2D eigenvalue weighted by atomic mass is 9.86. The summed E-state index contributed by atoms with van der Waals surface area (Å²) in [6.07, 6.45) is 0. The Bertz CT molecular complexity index is 684. The first-order valence-electron chi connectivity index (χ1n) is 7.00. The molecule has 1 aliphatic rings. The van der Waals surface area contributed by atoms with Crippen molar-refractivity contribution in [3.8, 4) is 0 Å². The summed E-state index contributed by atoms with van der Waals surface area (Å²) in [6, 6.07) is 16.4. The van der Waals surface area contributed by atoms with Crippen molar-refractivity contribution in [1.82, 2.24) is 5.32 Å². The number of nitrogens with zero attached hydrogens (tertiary/aromatic N) is 1. The first kappa shape index (κ1) is 14.0. The molecule has 0 amide bonds. The predicted octanol–water partition coefficient (Wildman–Crippen LogP) is 4.23. The summed E-state index contributed by atoms with van der Waals surface area (Å²) in [7, 11) is 0. The number of benzene rings is 2. The molecule has 1 aliphatic heterocycles. The Labute approximate surface area is 129 Å². The Morgan fingerprint density at radius 1 is 1.19 bits per heavy atom. The number of hydrogen-bond donors (Lipinski definition) is 1. The van der Waals surface area contributed by atoms with Crippen molar-refractivity contribution in [2.45, 2.75) is 19.4 Å². The molecule has 108 valence electrons. The monoisotopic (exact) mass is 300 g/mol. The molecule has 0 unspecified atom stereocenters. The van der Waals surface area contributed by atoms with Crippen LogP contribution < -0.4 is 5.32 Å². The van der Waals surface area contributed by atoms with Crippen molar-refractivity contribution < 1.29 is 4.74 Å². The third-order valence-electron chi connectivity index (χ3n) is 3.65. The van der Waals surface area contributed by atoms with Gasteiger partial charge in [-0.1, -0.05) is 41.9 Å². The van der Waals surface area contributed by atoms with Gasteiger partial charge in [0.15, 0.2) is 5.60 Å². The predicted molar refractivity (Wildman–Crippen MR) is 86.2 cm³/mol. The molecule has 0 aliphatic carbocycles. The molecule has 4 heteroatoms.